The summed E-state index contributed by atoms with van der Waals surface area (Å²) >= 11 is 0. The molecule has 0 atom stereocenters. The van der Waals surface area contributed by atoms with Crippen molar-refractivity contribution in [1.29, 1.82) is 0 Å². The molecule has 5 heteroatoms. The van der Waals surface area contributed by atoms with Crippen molar-refractivity contribution in [1.82, 2.24) is 9.80 Å². The summed E-state index contributed by atoms with van der Waals surface area (Å²) in [6.45, 7) is 12.0. The number of nitrogens with one attached hydrogen (secondary N) is 1. The molecule has 0 spiro atoms. The largest absolute Gasteiger partial charge is 0.361 e. The van der Waals surface area contributed by atoms with Gasteiger partial charge in [-0.05, 0) is 39.1 Å². The van der Waals surface area contributed by atoms with Crippen LogP contribution in [0.3, 0.4) is 0 Å². The second-order valence-electron chi connectivity index (χ2n) is 7.33. The van der Waals surface area contributed by atoms with Crippen LogP contribution in [0.5, 0.6) is 0 Å². The molecule has 5 nitrogen and oxygen atoms in total. The third-order valence-electron chi connectivity index (χ3n) is 5.28. The van der Waals surface area contributed by atoms with E-state index in [-0.39, 0.29) is 11.7 Å². The van der Waals surface area contributed by atoms with Gasteiger partial charge in [0, 0.05) is 55.5 Å². The minimum Gasteiger partial charge on any atom is -0.361 e. The monoisotopic (exact) mass is 354 g/mol. The number of rotatable bonds is 8. The molecule has 0 unspecified atom stereocenters. The van der Waals surface area contributed by atoms with E-state index in [2.05, 4.69) is 28.7 Å². The van der Waals surface area contributed by atoms with E-state index in [0.717, 1.165) is 74.6 Å². The first-order valence-corrected chi connectivity index (χ1v) is 9.57. The van der Waals surface area contributed by atoms with Crippen LogP contribution in [0, 0.1) is 5.92 Å². The smallest absolute Gasteiger partial charge is 0.168 e. The molecule has 1 saturated heterocycles. The minimum atomic E-state index is 0.199. The third kappa shape index (κ3) is 4.59. The molecule has 2 aliphatic rings. The van der Waals surface area contributed by atoms with Crippen LogP contribution in [0.1, 0.15) is 35.7 Å². The van der Waals surface area contributed by atoms with Gasteiger partial charge in [-0.25, -0.2) is 0 Å². The number of Topliss-reactive ketones (excluding diaryl/α,β-unsaturated/α-hetero) is 1. The van der Waals surface area contributed by atoms with Crippen molar-refractivity contribution < 1.29 is 4.79 Å². The number of piperazine rings is 1. The summed E-state index contributed by atoms with van der Waals surface area (Å²) in [6.07, 6.45) is 3.66. The second-order valence-corrected chi connectivity index (χ2v) is 7.33. The van der Waals surface area contributed by atoms with E-state index in [9.17, 15) is 4.79 Å². The molecule has 1 aliphatic heterocycles. The van der Waals surface area contributed by atoms with Crippen LogP contribution in [-0.4, -0.2) is 67.6 Å². The highest BCUT2D eigenvalue weighted by atomic mass is 16.1. The number of benzene rings is 1. The predicted octanol–water partition coefficient (Wildman–Crippen LogP) is 2.89. The van der Waals surface area contributed by atoms with Crippen LogP contribution >= 0.6 is 0 Å². The number of para-hydroxylation sites is 1. The van der Waals surface area contributed by atoms with Gasteiger partial charge < -0.3 is 10.2 Å². The average molecular weight is 354 g/mol. The van der Waals surface area contributed by atoms with Gasteiger partial charge >= 0.3 is 0 Å². The Bertz CT molecular complexity index is 685. The van der Waals surface area contributed by atoms with E-state index < -0.39 is 0 Å². The Balaban J connectivity index is 1.71. The molecule has 140 valence electrons. The van der Waals surface area contributed by atoms with Crippen molar-refractivity contribution in [2.75, 3.05) is 51.6 Å². The summed E-state index contributed by atoms with van der Waals surface area (Å²) in [5.74, 6) is 0.437. The van der Waals surface area contributed by atoms with Gasteiger partial charge in [0.15, 0.2) is 5.78 Å². The maximum atomic E-state index is 12.6. The predicted molar refractivity (Wildman–Crippen MR) is 108 cm³/mol. The number of hydrogen-bond acceptors (Lipinski definition) is 5. The Kier molecular flexibility index (Phi) is 6.22. The number of aliphatic imine (C=N–C) groups is 1. The van der Waals surface area contributed by atoms with Crippen LogP contribution in [-0.2, 0) is 0 Å². The maximum absolute atomic E-state index is 12.6. The van der Waals surface area contributed by atoms with E-state index in [1.54, 1.807) is 6.20 Å². The summed E-state index contributed by atoms with van der Waals surface area (Å²) in [4.78, 5) is 22.2. The van der Waals surface area contributed by atoms with E-state index >= 15 is 0 Å². The first-order valence-electron chi connectivity index (χ1n) is 9.57. The van der Waals surface area contributed by atoms with Crippen molar-refractivity contribution in [2.24, 2.45) is 10.9 Å². The van der Waals surface area contributed by atoms with Crippen molar-refractivity contribution >= 4 is 17.2 Å². The summed E-state index contributed by atoms with van der Waals surface area (Å²) in [7, 11) is 2.17. The number of hydrogen-bond donors (Lipinski definition) is 1. The summed E-state index contributed by atoms with van der Waals surface area (Å²) in [6, 6.07) is 5.90. The fourth-order valence-electron chi connectivity index (χ4n) is 3.40. The minimum absolute atomic E-state index is 0.199. The highest BCUT2D eigenvalue weighted by Crippen LogP contribution is 2.35. The van der Waals surface area contributed by atoms with Gasteiger partial charge in [0.25, 0.3) is 0 Å². The van der Waals surface area contributed by atoms with Crippen LogP contribution in [0.2, 0.25) is 0 Å². The Morgan fingerprint density at radius 3 is 2.62 bits per heavy atom. The van der Waals surface area contributed by atoms with Crippen LogP contribution in [0.15, 0.2) is 36.0 Å². The van der Waals surface area contributed by atoms with Crippen molar-refractivity contribution in [3.63, 3.8) is 0 Å². The lowest BCUT2D eigenvalue weighted by molar-refractivity contribution is 0.0968. The Morgan fingerprint density at radius 2 is 1.96 bits per heavy atom. The van der Waals surface area contributed by atoms with Gasteiger partial charge in [-0.1, -0.05) is 18.7 Å². The molecular formula is C21H30N4O. The number of carbonyl (C=O) groups is 1. The molecule has 1 aromatic rings. The molecule has 1 heterocycles. The van der Waals surface area contributed by atoms with Crippen LogP contribution in [0.4, 0.5) is 5.69 Å². The number of nitrogens with zero attached hydrogens (tertiary/aromatic N) is 3. The molecule has 2 fully saturated rings. The molecule has 0 aromatic heterocycles. The lowest BCUT2D eigenvalue weighted by atomic mass is 9.98. The molecule has 0 amide bonds. The Morgan fingerprint density at radius 1 is 1.27 bits per heavy atom. The van der Waals surface area contributed by atoms with E-state index in [4.69, 9.17) is 4.99 Å². The highest BCUT2D eigenvalue weighted by Gasteiger charge is 2.32. The molecule has 1 aromatic carbocycles. The standard InChI is InChI=1S/C21H30N4O/c1-4-22-20-18(6-5-7-19(20)21(26)17-8-9-17)16(2)23-10-11-25-14-12-24(3)13-15-25/h4-7,17,22H,1,8-15H2,2-3H3. The number of carbonyl (C=O) groups excluding carboxylic acids is 1. The number of ketones is 1. The first-order chi connectivity index (χ1) is 12.6. The van der Waals surface area contributed by atoms with Crippen LogP contribution < -0.4 is 5.32 Å². The molecule has 1 aliphatic carbocycles. The summed E-state index contributed by atoms with van der Waals surface area (Å²) in [5, 5.41) is 3.18. The van der Waals surface area contributed by atoms with Gasteiger partial charge in [-0.2, -0.15) is 0 Å². The quantitative estimate of drug-likeness (QED) is 0.576. The van der Waals surface area contributed by atoms with Crippen molar-refractivity contribution in [3.8, 4) is 0 Å². The molecule has 1 saturated carbocycles. The third-order valence-corrected chi connectivity index (χ3v) is 5.28. The van der Waals surface area contributed by atoms with Gasteiger partial charge in [0.2, 0.25) is 0 Å². The van der Waals surface area contributed by atoms with E-state index in [1.165, 1.54) is 0 Å². The van der Waals surface area contributed by atoms with E-state index in [1.807, 2.05) is 25.1 Å². The summed E-state index contributed by atoms with van der Waals surface area (Å²) in [5.41, 5.74) is 3.57. The normalized spacial score (nSPS) is 19.4. The first kappa shape index (κ1) is 18.8. The fourth-order valence-corrected chi connectivity index (χ4v) is 3.40. The van der Waals surface area contributed by atoms with Gasteiger partial charge in [-0.15, -0.1) is 0 Å². The van der Waals surface area contributed by atoms with Crippen molar-refractivity contribution in [2.45, 2.75) is 19.8 Å². The van der Waals surface area contributed by atoms with Crippen LogP contribution in [0.25, 0.3) is 0 Å². The summed E-state index contributed by atoms with van der Waals surface area (Å²) < 4.78 is 0. The molecule has 3 rings (SSSR count). The SMILES string of the molecule is C=CNc1c(C(=O)C2CC2)cccc1C(C)=NCCN1CCN(C)CC1. The number of likely N-dealkylation sites (N-methyl/N-ethyl adjacent to an activating group) is 1. The van der Waals surface area contributed by atoms with Gasteiger partial charge in [0.1, 0.15) is 0 Å². The fraction of sp³-hybridized carbons (Fsp3) is 0.524. The zero-order valence-corrected chi connectivity index (χ0v) is 16.0. The molecule has 0 radical (unpaired) electrons. The maximum Gasteiger partial charge on any atom is 0.168 e. The second kappa shape index (κ2) is 8.60. The van der Waals surface area contributed by atoms with Gasteiger partial charge in [-0.3, -0.25) is 14.7 Å². The lowest BCUT2D eigenvalue weighted by Gasteiger charge is -2.31. The molecular weight excluding hydrogens is 324 g/mol. The molecule has 26 heavy (non-hydrogen) atoms. The van der Waals surface area contributed by atoms with E-state index in [0.29, 0.717) is 0 Å². The molecule has 0 bridgehead atoms. The number of anilines is 1. The average Bonchev–Trinajstić information content (AvgIpc) is 3.48. The molecule has 1 N–H and O–H groups in total. The van der Waals surface area contributed by atoms with Gasteiger partial charge in [0.05, 0.1) is 12.2 Å². The Labute approximate surface area is 156 Å². The Hall–Kier alpha value is -1.98. The lowest BCUT2D eigenvalue weighted by Crippen LogP contribution is -2.45. The topological polar surface area (TPSA) is 47.9 Å². The highest BCUT2D eigenvalue weighted by molar-refractivity contribution is 6.11. The zero-order valence-electron chi connectivity index (χ0n) is 16.0. The van der Waals surface area contributed by atoms with Crippen molar-refractivity contribution in [3.05, 3.63) is 42.1 Å². The zero-order chi connectivity index (χ0) is 18.5.